The Bertz CT molecular complexity index is 1530. The van der Waals surface area contributed by atoms with Crippen LogP contribution in [0.2, 0.25) is 0 Å². The summed E-state index contributed by atoms with van der Waals surface area (Å²) < 4.78 is 1.85. The molecule has 0 aliphatic carbocycles. The highest BCUT2D eigenvalue weighted by Gasteiger charge is 2.28. The van der Waals surface area contributed by atoms with Gasteiger partial charge < -0.3 is 15.2 Å². The van der Waals surface area contributed by atoms with E-state index in [1.165, 1.54) is 0 Å². The molecule has 0 atom stereocenters. The van der Waals surface area contributed by atoms with Crippen LogP contribution in [-0.2, 0) is 11.3 Å². The van der Waals surface area contributed by atoms with Gasteiger partial charge in [0.05, 0.1) is 22.8 Å². The number of aromatic nitrogens is 4. The number of fused-ring (bicyclic) bond motifs is 1. The van der Waals surface area contributed by atoms with Crippen molar-refractivity contribution < 1.29 is 9.59 Å². The van der Waals surface area contributed by atoms with E-state index in [2.05, 4.69) is 26.4 Å². The molecule has 0 aromatic carbocycles. The highest BCUT2D eigenvalue weighted by atomic mass is 16.2. The zero-order valence-electron chi connectivity index (χ0n) is 24.1. The van der Waals surface area contributed by atoms with Gasteiger partial charge in [0.25, 0.3) is 11.5 Å². The Labute approximate surface area is 234 Å². The Morgan fingerprint density at radius 1 is 1.15 bits per heavy atom. The lowest BCUT2D eigenvalue weighted by Crippen LogP contribution is -2.47. The van der Waals surface area contributed by atoms with Gasteiger partial charge in [-0.3, -0.25) is 19.3 Å². The Morgan fingerprint density at radius 3 is 2.52 bits per heavy atom. The number of rotatable bonds is 6. The minimum atomic E-state index is -0.258. The van der Waals surface area contributed by atoms with Gasteiger partial charge in [-0.2, -0.15) is 5.10 Å². The number of aromatic amines is 1. The minimum Gasteiger partial charge on any atom is -0.348 e. The molecule has 3 aromatic rings. The molecule has 212 valence electrons. The molecule has 10 nitrogen and oxygen atoms in total. The van der Waals surface area contributed by atoms with Gasteiger partial charge in [0.2, 0.25) is 5.91 Å². The van der Waals surface area contributed by atoms with Gasteiger partial charge in [0, 0.05) is 63.0 Å². The Balaban J connectivity index is 1.39. The number of aryl methyl sites for hydroxylation is 2. The van der Waals surface area contributed by atoms with Crippen LogP contribution in [-0.4, -0.2) is 73.6 Å². The molecule has 0 saturated carbocycles. The minimum absolute atomic E-state index is 0.0848. The number of likely N-dealkylation sites (tertiary alicyclic amines) is 1. The van der Waals surface area contributed by atoms with E-state index in [0.717, 1.165) is 68.0 Å². The summed E-state index contributed by atoms with van der Waals surface area (Å²) in [4.78, 5) is 49.9. The molecule has 40 heavy (non-hydrogen) atoms. The number of hydrogen-bond acceptors (Lipinski definition) is 6. The maximum Gasteiger partial charge on any atom is 0.253 e. The van der Waals surface area contributed by atoms with Crippen molar-refractivity contribution in [3.63, 3.8) is 0 Å². The van der Waals surface area contributed by atoms with Crippen LogP contribution in [0.15, 0.2) is 29.2 Å². The van der Waals surface area contributed by atoms with Crippen molar-refractivity contribution in [3.8, 4) is 0 Å². The van der Waals surface area contributed by atoms with E-state index in [0.29, 0.717) is 28.2 Å². The smallest absolute Gasteiger partial charge is 0.253 e. The summed E-state index contributed by atoms with van der Waals surface area (Å²) in [6.45, 7) is 13.0. The number of pyridine rings is 2. The number of amides is 2. The van der Waals surface area contributed by atoms with Crippen LogP contribution in [0.5, 0.6) is 0 Å². The molecule has 0 spiro atoms. The Morgan fingerprint density at radius 2 is 1.90 bits per heavy atom. The summed E-state index contributed by atoms with van der Waals surface area (Å²) in [6, 6.07) is 4.33. The molecule has 1 fully saturated rings. The molecule has 5 rings (SSSR count). The number of nitrogens with zero attached hydrogens (tertiary/aromatic N) is 5. The molecule has 0 bridgehead atoms. The third-order valence-electron chi connectivity index (χ3n) is 8.22. The summed E-state index contributed by atoms with van der Waals surface area (Å²) in [6.07, 6.45) is 6.75. The number of hydrogen-bond donors (Lipinski definition) is 2. The van der Waals surface area contributed by atoms with Crippen molar-refractivity contribution in [2.75, 3.05) is 26.2 Å². The van der Waals surface area contributed by atoms with E-state index in [1.807, 2.05) is 49.4 Å². The largest absolute Gasteiger partial charge is 0.348 e. The fourth-order valence-corrected chi connectivity index (χ4v) is 5.91. The van der Waals surface area contributed by atoms with Crippen LogP contribution >= 0.6 is 0 Å². The maximum atomic E-state index is 13.5. The number of H-pyrrole nitrogens is 1. The number of piperidine rings is 1. The van der Waals surface area contributed by atoms with Gasteiger partial charge in [-0.1, -0.05) is 6.08 Å². The Hall–Kier alpha value is -3.79. The molecule has 1 saturated heterocycles. The van der Waals surface area contributed by atoms with Crippen molar-refractivity contribution in [1.29, 1.82) is 0 Å². The van der Waals surface area contributed by atoms with Crippen LogP contribution in [0.25, 0.3) is 16.6 Å². The molecule has 2 N–H and O–H groups in total. The standard InChI is InChI=1S/C30H39N7O3/c1-18(2)37-28-26(17-32-37)24(29(39)31-16-25-19(3)14-20(4)33-30(25)40)15-27(34-28)22-6-10-36(11-7-22)23-8-12-35(13-9-23)21(5)38/h6,14-15,17-18,23H,7-13,16H2,1-5H3,(H,31,39)(H,33,40). The SMILES string of the molecule is CC(=O)N1CCC(N2CC=C(c3cc(C(=O)NCc4c(C)cc(C)[nH]c4=O)c4cnn(C(C)C)c4n3)CC2)CC1. The monoisotopic (exact) mass is 545 g/mol. The summed E-state index contributed by atoms with van der Waals surface area (Å²) in [5, 5.41) is 8.19. The first-order chi connectivity index (χ1) is 19.1. The fraction of sp³-hybridized carbons (Fsp3) is 0.500. The van der Waals surface area contributed by atoms with Gasteiger partial charge in [-0.15, -0.1) is 0 Å². The highest BCUT2D eigenvalue weighted by Crippen LogP contribution is 2.29. The molecule has 0 unspecified atom stereocenters. The van der Waals surface area contributed by atoms with Gasteiger partial charge in [-0.05, 0) is 70.2 Å². The zero-order chi connectivity index (χ0) is 28.6. The normalized spacial score (nSPS) is 16.9. The second kappa shape index (κ2) is 11.4. The van der Waals surface area contributed by atoms with E-state index in [4.69, 9.17) is 4.98 Å². The number of carbonyl (C=O) groups is 2. The lowest BCUT2D eigenvalue weighted by molar-refractivity contribution is -0.130. The topological polar surface area (TPSA) is 116 Å². The van der Waals surface area contributed by atoms with Gasteiger partial charge in [-0.25, -0.2) is 9.67 Å². The predicted molar refractivity (Wildman–Crippen MR) is 155 cm³/mol. The van der Waals surface area contributed by atoms with Crippen molar-refractivity contribution in [3.05, 3.63) is 62.8 Å². The lowest BCUT2D eigenvalue weighted by atomic mass is 9.97. The van der Waals surface area contributed by atoms with Crippen LogP contribution in [0, 0.1) is 13.8 Å². The summed E-state index contributed by atoms with van der Waals surface area (Å²) >= 11 is 0. The molecule has 3 aromatic heterocycles. The molecule has 5 heterocycles. The average molecular weight is 546 g/mol. The molecule has 0 radical (unpaired) electrons. The van der Waals surface area contributed by atoms with E-state index in [-0.39, 0.29) is 30.0 Å². The molecule has 2 aliphatic rings. The second-order valence-corrected chi connectivity index (χ2v) is 11.3. The molecule has 10 heteroatoms. The van der Waals surface area contributed by atoms with E-state index in [9.17, 15) is 14.4 Å². The number of carbonyl (C=O) groups excluding carboxylic acids is 2. The third-order valence-corrected chi connectivity index (χ3v) is 8.22. The fourth-order valence-electron chi connectivity index (χ4n) is 5.91. The van der Waals surface area contributed by atoms with Crippen molar-refractivity contribution in [1.82, 2.24) is 34.9 Å². The van der Waals surface area contributed by atoms with E-state index >= 15 is 0 Å². The third kappa shape index (κ3) is 5.58. The van der Waals surface area contributed by atoms with Gasteiger partial charge in [0.15, 0.2) is 5.65 Å². The lowest BCUT2D eigenvalue weighted by Gasteiger charge is -2.39. The Kier molecular flexibility index (Phi) is 7.89. The quantitative estimate of drug-likeness (QED) is 0.491. The van der Waals surface area contributed by atoms with E-state index in [1.54, 1.807) is 13.1 Å². The van der Waals surface area contributed by atoms with E-state index < -0.39 is 0 Å². The predicted octanol–water partition coefficient (Wildman–Crippen LogP) is 3.35. The van der Waals surface area contributed by atoms with Crippen LogP contribution in [0.1, 0.15) is 78.9 Å². The summed E-state index contributed by atoms with van der Waals surface area (Å²) in [7, 11) is 0. The van der Waals surface area contributed by atoms with Crippen LogP contribution in [0.3, 0.4) is 0 Å². The van der Waals surface area contributed by atoms with Crippen molar-refractivity contribution >= 4 is 28.4 Å². The first kappa shape index (κ1) is 27.8. The number of nitrogens with one attached hydrogen (secondary N) is 2. The summed E-state index contributed by atoms with van der Waals surface area (Å²) in [5.74, 6) is -0.103. The van der Waals surface area contributed by atoms with Crippen LogP contribution < -0.4 is 10.9 Å². The highest BCUT2D eigenvalue weighted by molar-refractivity contribution is 6.06. The van der Waals surface area contributed by atoms with Crippen molar-refractivity contribution in [2.45, 2.75) is 72.5 Å². The first-order valence-corrected chi connectivity index (χ1v) is 14.2. The van der Waals surface area contributed by atoms with Crippen molar-refractivity contribution in [2.24, 2.45) is 0 Å². The summed E-state index contributed by atoms with van der Waals surface area (Å²) in [5.41, 5.74) is 5.10. The van der Waals surface area contributed by atoms with Gasteiger partial charge in [0.1, 0.15) is 0 Å². The van der Waals surface area contributed by atoms with Gasteiger partial charge >= 0.3 is 0 Å². The molecule has 2 aliphatic heterocycles. The molecule has 2 amide bonds. The maximum absolute atomic E-state index is 13.5. The average Bonchev–Trinajstić information content (AvgIpc) is 3.36. The first-order valence-electron chi connectivity index (χ1n) is 14.2. The molecular formula is C30H39N7O3. The zero-order valence-corrected chi connectivity index (χ0v) is 24.1. The molecular weight excluding hydrogens is 506 g/mol. The second-order valence-electron chi connectivity index (χ2n) is 11.3. The van der Waals surface area contributed by atoms with Crippen LogP contribution in [0.4, 0.5) is 0 Å².